The number of nitro benzene ring substituents is 4. The third-order valence-corrected chi connectivity index (χ3v) is 2.95. The molecule has 0 unspecified atom stereocenters. The van der Waals surface area contributed by atoms with E-state index in [-0.39, 0.29) is 11.5 Å². The molecule has 0 spiro atoms. The van der Waals surface area contributed by atoms with Crippen LogP contribution in [0.2, 0.25) is 0 Å². The molecule has 2 aromatic carbocycles. The molecular formula is C12H10N6O10. The van der Waals surface area contributed by atoms with Gasteiger partial charge >= 0.3 is 11.4 Å². The fourth-order valence-corrected chi connectivity index (χ4v) is 1.72. The summed E-state index contributed by atoms with van der Waals surface area (Å²) < 4.78 is 0. The van der Waals surface area contributed by atoms with Crippen molar-refractivity contribution in [3.63, 3.8) is 0 Å². The lowest BCUT2D eigenvalue weighted by molar-refractivity contribution is -0.395. The van der Waals surface area contributed by atoms with Crippen molar-refractivity contribution in [3.05, 3.63) is 76.9 Å². The van der Waals surface area contributed by atoms with E-state index in [9.17, 15) is 40.5 Å². The number of rotatable bonds is 6. The largest absolute Gasteiger partial charge is 0.404 e. The molecule has 0 amide bonds. The fourth-order valence-electron chi connectivity index (χ4n) is 1.72. The van der Waals surface area contributed by atoms with Crippen LogP contribution >= 0.6 is 0 Å². The van der Waals surface area contributed by atoms with Gasteiger partial charge in [0.1, 0.15) is 0 Å². The number of hydrogen-bond acceptors (Lipinski definition) is 12. The molecule has 0 aliphatic rings. The summed E-state index contributed by atoms with van der Waals surface area (Å²) in [5.41, 5.74) is -1.86. The lowest BCUT2D eigenvalue weighted by Crippen LogP contribution is -2.05. The van der Waals surface area contributed by atoms with Crippen molar-refractivity contribution in [3.8, 4) is 11.5 Å². The van der Waals surface area contributed by atoms with E-state index in [2.05, 4.69) is 9.68 Å². The normalized spacial score (nSPS) is 9.50. The second kappa shape index (κ2) is 9.31. The first kappa shape index (κ1) is 21.6. The summed E-state index contributed by atoms with van der Waals surface area (Å²) in [5, 5.41) is 41.4. The van der Waals surface area contributed by atoms with Gasteiger partial charge < -0.3 is 9.68 Å². The third kappa shape index (κ3) is 5.28. The molecule has 2 aromatic rings. The van der Waals surface area contributed by atoms with Crippen LogP contribution in [0.3, 0.4) is 0 Å². The monoisotopic (exact) mass is 398 g/mol. The van der Waals surface area contributed by atoms with Gasteiger partial charge in [-0.15, -0.1) is 0 Å². The van der Waals surface area contributed by atoms with Crippen LogP contribution in [0.4, 0.5) is 22.7 Å². The summed E-state index contributed by atoms with van der Waals surface area (Å²) in [6.07, 6.45) is 0. The molecule has 0 aliphatic carbocycles. The molecule has 0 aromatic heterocycles. The van der Waals surface area contributed by atoms with Gasteiger partial charge in [-0.1, -0.05) is 0 Å². The quantitative estimate of drug-likeness (QED) is 0.519. The number of non-ortho nitro benzene ring substituents is 2. The smallest absolute Gasteiger partial charge is 0.320 e. The Morgan fingerprint density at radius 1 is 0.607 bits per heavy atom. The van der Waals surface area contributed by atoms with Crippen LogP contribution in [0.25, 0.3) is 0 Å². The molecule has 0 radical (unpaired) electrons. The predicted octanol–water partition coefficient (Wildman–Crippen LogP) is 1.51. The molecule has 0 saturated heterocycles. The zero-order valence-electron chi connectivity index (χ0n) is 13.5. The number of benzene rings is 2. The average Bonchev–Trinajstić information content (AvgIpc) is 2.66. The van der Waals surface area contributed by atoms with Crippen molar-refractivity contribution in [2.45, 2.75) is 0 Å². The number of hydrogen-bond donors (Lipinski definition) is 2. The van der Waals surface area contributed by atoms with Crippen LogP contribution < -0.4 is 21.5 Å². The Hall–Kier alpha value is -4.44. The molecule has 2 rings (SSSR count). The summed E-state index contributed by atoms with van der Waals surface area (Å²) in [5.74, 6) is 9.04. The molecule has 4 N–H and O–H groups in total. The van der Waals surface area contributed by atoms with E-state index in [4.69, 9.17) is 11.8 Å². The Morgan fingerprint density at radius 3 is 1.14 bits per heavy atom. The average molecular weight is 398 g/mol. The van der Waals surface area contributed by atoms with E-state index < -0.39 is 42.4 Å². The second-order valence-corrected chi connectivity index (χ2v) is 4.57. The van der Waals surface area contributed by atoms with Gasteiger partial charge in [-0.3, -0.25) is 40.5 Å². The Bertz CT molecular complexity index is 858. The minimum absolute atomic E-state index is 0.222. The number of nitro groups is 4. The molecule has 0 fully saturated rings. The topological polar surface area (TPSA) is 243 Å². The van der Waals surface area contributed by atoms with Gasteiger partial charge in [-0.25, -0.2) is 0 Å². The van der Waals surface area contributed by atoms with Crippen LogP contribution in [0.5, 0.6) is 11.5 Å². The van der Waals surface area contributed by atoms with Crippen LogP contribution in [0.1, 0.15) is 0 Å². The highest BCUT2D eigenvalue weighted by molar-refractivity contribution is 5.54. The first-order chi connectivity index (χ1) is 13.1. The van der Waals surface area contributed by atoms with Crippen molar-refractivity contribution in [1.82, 2.24) is 0 Å². The highest BCUT2D eigenvalue weighted by atomic mass is 16.7. The van der Waals surface area contributed by atoms with Crippen molar-refractivity contribution >= 4 is 22.7 Å². The SMILES string of the molecule is NOc1ccc([N+](=O)[O-])cc1[N+](=O)[O-].NOc1ccc([N+](=O)[O-])cc1[N+](=O)[O-]. The maximum absolute atomic E-state index is 10.4. The van der Waals surface area contributed by atoms with Gasteiger partial charge in [0.15, 0.2) is 0 Å². The number of nitrogens with zero attached hydrogens (tertiary/aromatic N) is 4. The maximum Gasteiger partial charge on any atom is 0.320 e. The van der Waals surface area contributed by atoms with E-state index in [1.54, 1.807) is 0 Å². The van der Waals surface area contributed by atoms with Gasteiger partial charge in [0.2, 0.25) is 11.5 Å². The highest BCUT2D eigenvalue weighted by Gasteiger charge is 2.21. The standard InChI is InChI=1S/2C6H5N3O5/c2*7-14-6-2-1-4(8(10)11)3-5(6)9(12)13/h2*1-3H,7H2. The van der Waals surface area contributed by atoms with Gasteiger partial charge in [0, 0.05) is 12.1 Å². The number of nitrogens with two attached hydrogens (primary N) is 2. The molecular weight excluding hydrogens is 388 g/mol. The fraction of sp³-hybridized carbons (Fsp3) is 0. The zero-order chi connectivity index (χ0) is 21.4. The van der Waals surface area contributed by atoms with Crippen LogP contribution in [-0.4, -0.2) is 19.7 Å². The van der Waals surface area contributed by atoms with Gasteiger partial charge in [-0.2, -0.15) is 11.8 Å². The lowest BCUT2D eigenvalue weighted by Gasteiger charge is -1.99. The van der Waals surface area contributed by atoms with E-state index >= 15 is 0 Å². The third-order valence-electron chi connectivity index (χ3n) is 2.95. The predicted molar refractivity (Wildman–Crippen MR) is 89.1 cm³/mol. The molecule has 16 heteroatoms. The summed E-state index contributed by atoms with van der Waals surface area (Å²) in [6.45, 7) is 0. The van der Waals surface area contributed by atoms with E-state index in [1.807, 2.05) is 0 Å². The van der Waals surface area contributed by atoms with E-state index in [1.165, 1.54) is 0 Å². The molecule has 148 valence electrons. The Labute approximate surface area is 153 Å². The first-order valence-corrected chi connectivity index (χ1v) is 6.71. The van der Waals surface area contributed by atoms with Gasteiger partial charge in [0.25, 0.3) is 11.4 Å². The molecule has 0 bridgehead atoms. The second-order valence-electron chi connectivity index (χ2n) is 4.57. The molecule has 16 nitrogen and oxygen atoms in total. The molecule has 0 aliphatic heterocycles. The van der Waals surface area contributed by atoms with Crippen molar-refractivity contribution < 1.29 is 29.4 Å². The van der Waals surface area contributed by atoms with Crippen LogP contribution in [0, 0.1) is 40.5 Å². The van der Waals surface area contributed by atoms with E-state index in [0.717, 1.165) is 36.4 Å². The van der Waals surface area contributed by atoms with E-state index in [0.29, 0.717) is 0 Å². The summed E-state index contributed by atoms with van der Waals surface area (Å²) in [4.78, 5) is 46.6. The highest BCUT2D eigenvalue weighted by Crippen LogP contribution is 2.30. The maximum atomic E-state index is 10.4. The summed E-state index contributed by atoms with van der Waals surface area (Å²) in [7, 11) is 0. The van der Waals surface area contributed by atoms with Gasteiger partial charge in [0.05, 0.1) is 31.8 Å². The van der Waals surface area contributed by atoms with Crippen LogP contribution in [0.15, 0.2) is 36.4 Å². The Morgan fingerprint density at radius 2 is 0.929 bits per heavy atom. The molecule has 28 heavy (non-hydrogen) atoms. The lowest BCUT2D eigenvalue weighted by atomic mass is 10.2. The summed E-state index contributed by atoms with van der Waals surface area (Å²) in [6, 6.07) is 5.82. The van der Waals surface area contributed by atoms with Crippen LogP contribution in [-0.2, 0) is 0 Å². The minimum atomic E-state index is -0.810. The van der Waals surface area contributed by atoms with Crippen molar-refractivity contribution in [2.24, 2.45) is 11.8 Å². The summed E-state index contributed by atoms with van der Waals surface area (Å²) >= 11 is 0. The van der Waals surface area contributed by atoms with Gasteiger partial charge in [-0.05, 0) is 12.1 Å². The molecule has 0 heterocycles. The van der Waals surface area contributed by atoms with Crippen molar-refractivity contribution in [2.75, 3.05) is 0 Å². The Balaban J connectivity index is 0.000000280. The molecule has 0 atom stereocenters. The first-order valence-electron chi connectivity index (χ1n) is 6.71. The minimum Gasteiger partial charge on any atom is -0.404 e. The Kier molecular flexibility index (Phi) is 7.18. The zero-order valence-corrected chi connectivity index (χ0v) is 13.5. The van der Waals surface area contributed by atoms with Crippen molar-refractivity contribution in [1.29, 1.82) is 0 Å². The molecule has 0 saturated carbocycles.